The SMILES string of the molecule is CON1C2C(=O)N3C(C(=O)ONC(C)=O)=C(CCl)C1(c1csc(NC(c4ccccc4)(c4ccccc4)c4ccccc4)n1)S[C@@H]23. The summed E-state index contributed by atoms with van der Waals surface area (Å²) in [4.78, 5) is 54.5. The number of rotatable bonds is 9. The lowest BCUT2D eigenvalue weighted by atomic mass is 9.77. The van der Waals surface area contributed by atoms with Crippen LogP contribution in [0.1, 0.15) is 29.3 Å². The summed E-state index contributed by atoms with van der Waals surface area (Å²) in [6, 6.07) is 29.8. The number of alkyl halides is 1. The number of fused-ring (bicyclic) bond motifs is 1. The lowest BCUT2D eigenvalue weighted by Gasteiger charge is -2.44. The maximum atomic E-state index is 13.4. The Bertz CT molecular complexity index is 1740. The number of anilines is 1. The Kier molecular flexibility index (Phi) is 7.86. The molecule has 0 spiro atoms. The molecule has 2 amide bonds. The number of nitrogens with zero attached hydrogens (tertiary/aromatic N) is 3. The molecule has 1 aromatic heterocycles. The average molecular weight is 674 g/mol. The number of nitrogens with one attached hydrogen (secondary N) is 2. The predicted molar refractivity (Wildman–Crippen MR) is 175 cm³/mol. The Morgan fingerprint density at radius 3 is 2.04 bits per heavy atom. The first-order valence-electron chi connectivity index (χ1n) is 14.4. The highest BCUT2D eigenvalue weighted by molar-refractivity contribution is 8.01. The van der Waals surface area contributed by atoms with Crippen molar-refractivity contribution in [3.8, 4) is 0 Å². The first-order valence-corrected chi connectivity index (χ1v) is 16.7. The molecule has 3 atom stereocenters. The Hall–Kier alpha value is -4.20. The van der Waals surface area contributed by atoms with Crippen molar-refractivity contribution in [2.45, 2.75) is 28.7 Å². The normalized spacial score (nSPS) is 22.0. The van der Waals surface area contributed by atoms with E-state index in [9.17, 15) is 14.4 Å². The Balaban J connectivity index is 1.38. The van der Waals surface area contributed by atoms with Gasteiger partial charge in [0, 0.05) is 23.8 Å². The molecule has 0 radical (unpaired) electrons. The smallest absolute Gasteiger partial charge is 0.344 e. The molecule has 2 fully saturated rings. The molecule has 234 valence electrons. The van der Waals surface area contributed by atoms with Gasteiger partial charge in [-0.15, -0.1) is 28.0 Å². The van der Waals surface area contributed by atoms with E-state index in [-0.39, 0.29) is 17.5 Å². The van der Waals surface area contributed by atoms with Crippen LogP contribution in [0.3, 0.4) is 0 Å². The third-order valence-electron chi connectivity index (χ3n) is 8.38. The van der Waals surface area contributed by atoms with Gasteiger partial charge in [0.05, 0.1) is 12.8 Å². The van der Waals surface area contributed by atoms with E-state index in [1.165, 1.54) is 42.0 Å². The van der Waals surface area contributed by atoms with Gasteiger partial charge in [-0.2, -0.15) is 5.48 Å². The summed E-state index contributed by atoms with van der Waals surface area (Å²) in [6.45, 7) is 1.22. The van der Waals surface area contributed by atoms with E-state index in [1.807, 2.05) is 60.0 Å². The second kappa shape index (κ2) is 11.9. The number of benzene rings is 3. The standard InChI is InChI=1S/C33H28ClN5O5S2/c1-20(40)37-44-30(42)26-24(18-34)33(39(43-2)27-28(41)38(26)29(27)46-33)25-19-45-31(35-25)36-32(21-12-6-3-7-13-21,22-14-8-4-9-15-22)23-16-10-5-11-17-23/h3-17,19,27,29H,18H2,1-2H3,(H,35,36)(H,37,40)/t27?,29-,33?/m0/s1. The van der Waals surface area contributed by atoms with E-state index < -0.39 is 33.7 Å². The summed E-state index contributed by atoms with van der Waals surface area (Å²) in [5, 5.41) is 7.41. The van der Waals surface area contributed by atoms with Gasteiger partial charge in [0.2, 0.25) is 5.91 Å². The van der Waals surface area contributed by atoms with E-state index in [0.717, 1.165) is 16.7 Å². The van der Waals surface area contributed by atoms with E-state index in [0.29, 0.717) is 16.4 Å². The minimum absolute atomic E-state index is 0.0250. The average Bonchev–Trinajstić information content (AvgIpc) is 3.64. The number of carbonyl (C=O) groups excluding carboxylic acids is 3. The van der Waals surface area contributed by atoms with Crippen LogP contribution < -0.4 is 10.8 Å². The van der Waals surface area contributed by atoms with Crippen LogP contribution in [0.4, 0.5) is 5.13 Å². The second-order valence-electron chi connectivity index (χ2n) is 10.8. The van der Waals surface area contributed by atoms with Crippen LogP contribution in [0, 0.1) is 0 Å². The number of hydrogen-bond acceptors (Lipinski definition) is 10. The highest BCUT2D eigenvalue weighted by Gasteiger charge is 2.73. The molecule has 7 rings (SSSR count). The summed E-state index contributed by atoms with van der Waals surface area (Å²) >= 11 is 9.42. The molecule has 2 unspecified atom stereocenters. The molecule has 4 heterocycles. The number of hydrogen-bond donors (Lipinski definition) is 2. The molecular weight excluding hydrogens is 646 g/mol. The Morgan fingerprint density at radius 2 is 1.54 bits per heavy atom. The molecule has 3 aliphatic rings. The number of carbonyl (C=O) groups is 3. The van der Waals surface area contributed by atoms with E-state index in [1.54, 1.807) is 5.06 Å². The number of β-lactam (4-membered cyclic amide) rings is 1. The van der Waals surface area contributed by atoms with Gasteiger partial charge in [0.25, 0.3) is 5.91 Å². The van der Waals surface area contributed by atoms with Crippen molar-refractivity contribution in [3.05, 3.63) is 130 Å². The van der Waals surface area contributed by atoms with Crippen molar-refractivity contribution in [2.24, 2.45) is 0 Å². The van der Waals surface area contributed by atoms with Crippen LogP contribution in [-0.2, 0) is 34.5 Å². The quantitative estimate of drug-likeness (QED) is 0.110. The molecule has 0 saturated carbocycles. The number of thiazole rings is 1. The maximum absolute atomic E-state index is 13.4. The summed E-state index contributed by atoms with van der Waals surface area (Å²) in [5.41, 5.74) is 5.16. The van der Waals surface area contributed by atoms with E-state index in [4.69, 9.17) is 26.3 Å². The van der Waals surface area contributed by atoms with Crippen molar-refractivity contribution >= 4 is 57.6 Å². The van der Waals surface area contributed by atoms with E-state index >= 15 is 0 Å². The maximum Gasteiger partial charge on any atom is 0.379 e. The number of halogens is 1. The predicted octanol–water partition coefficient (Wildman–Crippen LogP) is 4.95. The third kappa shape index (κ3) is 4.47. The molecular formula is C33H28ClN5O5S2. The second-order valence-corrected chi connectivity index (χ2v) is 13.3. The molecule has 10 nitrogen and oxygen atoms in total. The first-order chi connectivity index (χ1) is 22.4. The van der Waals surface area contributed by atoms with Crippen LogP contribution in [0.25, 0.3) is 0 Å². The van der Waals surface area contributed by atoms with Crippen LogP contribution >= 0.6 is 34.7 Å². The van der Waals surface area contributed by atoms with Gasteiger partial charge >= 0.3 is 5.97 Å². The topological polar surface area (TPSA) is 113 Å². The van der Waals surface area contributed by atoms with Gasteiger partial charge in [-0.05, 0) is 16.7 Å². The molecule has 2 N–H and O–H groups in total. The number of aromatic nitrogens is 1. The molecule has 2 saturated heterocycles. The molecule has 3 aliphatic heterocycles. The lowest BCUT2D eigenvalue weighted by Crippen LogP contribution is -2.65. The monoisotopic (exact) mass is 673 g/mol. The number of amides is 2. The van der Waals surface area contributed by atoms with Crippen LogP contribution in [0.15, 0.2) is 108 Å². The zero-order chi connectivity index (χ0) is 32.1. The number of hydroxylamine groups is 3. The Morgan fingerprint density at radius 1 is 0.978 bits per heavy atom. The lowest BCUT2D eigenvalue weighted by molar-refractivity contribution is -0.209. The van der Waals surface area contributed by atoms with Crippen molar-refractivity contribution in [3.63, 3.8) is 0 Å². The molecule has 13 heteroatoms. The molecule has 46 heavy (non-hydrogen) atoms. The summed E-state index contributed by atoms with van der Waals surface area (Å²) in [5.74, 6) is -1.93. The van der Waals surface area contributed by atoms with Gasteiger partial charge < -0.3 is 10.2 Å². The van der Waals surface area contributed by atoms with Gasteiger partial charge in [0.15, 0.2) is 10.0 Å². The fourth-order valence-electron chi connectivity index (χ4n) is 6.49. The summed E-state index contributed by atoms with van der Waals surface area (Å²) in [7, 11) is 1.48. The van der Waals surface area contributed by atoms with Crippen LogP contribution in [-0.4, -0.2) is 57.1 Å². The minimum Gasteiger partial charge on any atom is -0.344 e. The van der Waals surface area contributed by atoms with Gasteiger partial charge in [-0.1, -0.05) is 103 Å². The largest absolute Gasteiger partial charge is 0.379 e. The minimum atomic E-state index is -1.22. The van der Waals surface area contributed by atoms with Crippen molar-refractivity contribution in [1.29, 1.82) is 0 Å². The fourth-order valence-corrected chi connectivity index (χ4v) is 9.62. The van der Waals surface area contributed by atoms with E-state index in [2.05, 4.69) is 47.2 Å². The molecule has 4 aromatic rings. The van der Waals surface area contributed by atoms with Crippen LogP contribution in [0.5, 0.6) is 0 Å². The summed E-state index contributed by atoms with van der Waals surface area (Å²) in [6.07, 6.45) is 0. The molecule has 0 aliphatic carbocycles. The van der Waals surface area contributed by atoms with Gasteiger partial charge in [0.1, 0.15) is 22.7 Å². The van der Waals surface area contributed by atoms with Crippen molar-refractivity contribution in [2.75, 3.05) is 18.3 Å². The zero-order valence-corrected chi connectivity index (χ0v) is 27.1. The first kappa shape index (κ1) is 30.5. The highest BCUT2D eigenvalue weighted by atomic mass is 35.5. The fraction of sp³-hybridized carbons (Fsp3) is 0.212. The van der Waals surface area contributed by atoms with Crippen molar-refractivity contribution in [1.82, 2.24) is 20.4 Å². The number of thioether (sulfide) groups is 1. The third-order valence-corrected chi connectivity index (χ3v) is 11.1. The molecule has 3 aromatic carbocycles. The van der Waals surface area contributed by atoms with Gasteiger partial charge in [-0.25, -0.2) is 9.78 Å². The summed E-state index contributed by atoms with van der Waals surface area (Å²) < 4.78 is 0. The van der Waals surface area contributed by atoms with Crippen molar-refractivity contribution < 1.29 is 24.1 Å². The van der Waals surface area contributed by atoms with Crippen LogP contribution in [0.2, 0.25) is 0 Å². The van der Waals surface area contributed by atoms with Gasteiger partial charge in [-0.3, -0.25) is 19.3 Å². The zero-order valence-electron chi connectivity index (χ0n) is 24.7. The Labute approximate surface area is 278 Å². The molecule has 2 bridgehead atoms. The highest BCUT2D eigenvalue weighted by Crippen LogP contribution is 2.65.